The summed E-state index contributed by atoms with van der Waals surface area (Å²) in [5, 5.41) is 9.83. The molecule has 1 aromatic heterocycles. The summed E-state index contributed by atoms with van der Waals surface area (Å²) in [4.78, 5) is 9.84. The van der Waals surface area contributed by atoms with Gasteiger partial charge in [-0.05, 0) is 114 Å². The van der Waals surface area contributed by atoms with Crippen molar-refractivity contribution >= 4 is 55.7 Å². The maximum atomic E-state index is 6.30. The molecule has 278 valence electrons. The highest BCUT2D eigenvalue weighted by Crippen LogP contribution is 2.52. The zero-order chi connectivity index (χ0) is 38.9. The lowest BCUT2D eigenvalue weighted by atomic mass is 10.0. The fraction of sp³-hybridized carbons (Fsp3) is 0. The van der Waals surface area contributed by atoms with Gasteiger partial charge in [-0.2, -0.15) is 0 Å². The number of hydrogen-bond acceptors (Lipinski definition) is 6. The van der Waals surface area contributed by atoms with Gasteiger partial charge < -0.3 is 19.3 Å². The van der Waals surface area contributed by atoms with Crippen molar-refractivity contribution in [3.8, 4) is 51.5 Å². The molecule has 7 heteroatoms. The molecule has 2 aliphatic heterocycles. The van der Waals surface area contributed by atoms with Crippen LogP contribution in [-0.2, 0) is 0 Å². The molecule has 9 aromatic carbocycles. The summed E-state index contributed by atoms with van der Waals surface area (Å²) in [6.45, 7) is 0. The van der Waals surface area contributed by atoms with Gasteiger partial charge in [0.15, 0.2) is 34.6 Å². The van der Waals surface area contributed by atoms with Crippen LogP contribution in [0.5, 0.6) is 23.0 Å². The summed E-state index contributed by atoms with van der Waals surface area (Å²) in [6, 6.07) is 68.9. The molecule has 0 bridgehead atoms. The predicted molar refractivity (Wildman–Crippen MR) is 237 cm³/mol. The second-order valence-corrected chi connectivity index (χ2v) is 14.7. The lowest BCUT2D eigenvalue weighted by molar-refractivity contribution is 0.477. The zero-order valence-electron chi connectivity index (χ0n) is 31.6. The van der Waals surface area contributed by atoms with Gasteiger partial charge in [0.05, 0.1) is 28.4 Å². The van der Waals surface area contributed by atoms with Crippen molar-refractivity contribution in [2.75, 3.05) is 9.80 Å². The second kappa shape index (κ2) is 13.2. The molecule has 3 heterocycles. The molecule has 2 aliphatic rings. The Kier molecular flexibility index (Phi) is 7.40. The van der Waals surface area contributed by atoms with Gasteiger partial charge >= 0.3 is 0 Å². The van der Waals surface area contributed by atoms with Crippen molar-refractivity contribution in [2.45, 2.75) is 0 Å². The van der Waals surface area contributed by atoms with Crippen LogP contribution in [0.3, 0.4) is 0 Å². The summed E-state index contributed by atoms with van der Waals surface area (Å²) in [5.41, 5.74) is 8.81. The highest BCUT2D eigenvalue weighted by molar-refractivity contribution is 6.07. The topological polar surface area (TPSA) is 55.6 Å². The molecule has 0 atom stereocenters. The van der Waals surface area contributed by atoms with Gasteiger partial charge in [0.2, 0.25) is 0 Å². The van der Waals surface area contributed by atoms with Gasteiger partial charge in [-0.25, -0.2) is 9.67 Å². The van der Waals surface area contributed by atoms with E-state index in [2.05, 4.69) is 137 Å². The Morgan fingerprint density at radius 2 is 0.763 bits per heavy atom. The van der Waals surface area contributed by atoms with E-state index in [-0.39, 0.29) is 0 Å². The molecule has 0 fully saturated rings. The maximum Gasteiger partial charge on any atom is 0.182 e. The number of aromatic nitrogens is 3. The molecule has 0 N–H and O–H groups in total. The average Bonchev–Trinajstić information content (AvgIpc) is 3.74. The van der Waals surface area contributed by atoms with Crippen molar-refractivity contribution in [1.82, 2.24) is 14.8 Å². The third kappa shape index (κ3) is 5.36. The third-order valence-electron chi connectivity index (χ3n) is 11.2. The van der Waals surface area contributed by atoms with E-state index in [0.717, 1.165) is 101 Å². The predicted octanol–water partition coefficient (Wildman–Crippen LogP) is 14.1. The van der Waals surface area contributed by atoms with Crippen molar-refractivity contribution in [2.24, 2.45) is 0 Å². The number of para-hydroxylation sites is 8. The van der Waals surface area contributed by atoms with Crippen LogP contribution >= 0.6 is 0 Å². The van der Waals surface area contributed by atoms with E-state index in [1.165, 1.54) is 0 Å². The molecular weight excluding hydrogens is 727 g/mol. The maximum absolute atomic E-state index is 6.30. The van der Waals surface area contributed by atoms with Gasteiger partial charge in [0, 0.05) is 33.3 Å². The van der Waals surface area contributed by atoms with Gasteiger partial charge in [-0.3, -0.25) is 0 Å². The molecule has 0 radical (unpaired) electrons. The summed E-state index contributed by atoms with van der Waals surface area (Å²) in [7, 11) is 0. The van der Waals surface area contributed by atoms with Crippen LogP contribution in [0.2, 0.25) is 0 Å². The molecule has 59 heavy (non-hydrogen) atoms. The van der Waals surface area contributed by atoms with Gasteiger partial charge in [-0.15, -0.1) is 5.10 Å². The molecule has 0 spiro atoms. The fourth-order valence-corrected chi connectivity index (χ4v) is 8.48. The Labute approximate surface area is 340 Å². The standard InChI is InChI=1S/C52H33N5O2/c1-3-15-40-36(13-1)33-37-14-2-4-16-41(37)50(40)57-52(35-27-31-39(32-28-35)56-44-19-7-11-23-48(44)59-49-24-12-8-20-45(49)56)53-51(54-57)34-25-29-38(30-26-34)55-42-17-5-9-21-46(42)58-47-22-10-6-18-43(47)55/h1-33H. The first-order valence-corrected chi connectivity index (χ1v) is 19.7. The minimum atomic E-state index is 0.631. The van der Waals surface area contributed by atoms with E-state index in [1.807, 2.05) is 77.5 Å². The number of fused-ring (bicyclic) bond motifs is 6. The summed E-state index contributed by atoms with van der Waals surface area (Å²) in [6.07, 6.45) is 0. The number of rotatable bonds is 5. The first kappa shape index (κ1) is 33.0. The number of nitrogens with zero attached hydrogens (tertiary/aromatic N) is 5. The van der Waals surface area contributed by atoms with E-state index in [0.29, 0.717) is 5.82 Å². The monoisotopic (exact) mass is 759 g/mol. The molecule has 0 amide bonds. The minimum Gasteiger partial charge on any atom is -0.453 e. The Hall–Kier alpha value is -8.16. The van der Waals surface area contributed by atoms with Gasteiger partial charge in [0.25, 0.3) is 0 Å². The van der Waals surface area contributed by atoms with Crippen LogP contribution in [0.4, 0.5) is 34.1 Å². The third-order valence-corrected chi connectivity index (χ3v) is 11.2. The van der Waals surface area contributed by atoms with Crippen LogP contribution in [0.1, 0.15) is 0 Å². The van der Waals surface area contributed by atoms with Crippen molar-refractivity contribution in [3.05, 3.63) is 200 Å². The number of benzene rings is 9. The second-order valence-electron chi connectivity index (χ2n) is 14.7. The Morgan fingerprint density at radius 3 is 1.22 bits per heavy atom. The average molecular weight is 760 g/mol. The molecule has 0 saturated heterocycles. The first-order chi connectivity index (χ1) is 29.2. The van der Waals surface area contributed by atoms with Crippen molar-refractivity contribution < 1.29 is 9.47 Å². The van der Waals surface area contributed by atoms with Crippen molar-refractivity contribution in [3.63, 3.8) is 0 Å². The molecule has 0 unspecified atom stereocenters. The molecule has 7 nitrogen and oxygen atoms in total. The van der Waals surface area contributed by atoms with Crippen LogP contribution in [0, 0.1) is 0 Å². The lowest BCUT2D eigenvalue weighted by Gasteiger charge is -2.32. The minimum absolute atomic E-state index is 0.631. The van der Waals surface area contributed by atoms with Gasteiger partial charge in [0.1, 0.15) is 0 Å². The molecule has 12 rings (SSSR count). The van der Waals surface area contributed by atoms with E-state index in [1.54, 1.807) is 0 Å². The van der Waals surface area contributed by atoms with Crippen LogP contribution < -0.4 is 19.3 Å². The van der Waals surface area contributed by atoms with Crippen LogP contribution in [0.25, 0.3) is 50.0 Å². The fourth-order valence-electron chi connectivity index (χ4n) is 8.48. The quantitative estimate of drug-likeness (QED) is 0.163. The largest absolute Gasteiger partial charge is 0.453 e. The van der Waals surface area contributed by atoms with E-state index < -0.39 is 0 Å². The molecular formula is C52H33N5O2. The smallest absolute Gasteiger partial charge is 0.182 e. The van der Waals surface area contributed by atoms with E-state index in [9.17, 15) is 0 Å². The van der Waals surface area contributed by atoms with Gasteiger partial charge in [-0.1, -0.05) is 97.1 Å². The lowest BCUT2D eigenvalue weighted by Crippen LogP contribution is -2.15. The normalized spacial score (nSPS) is 12.6. The number of ether oxygens (including phenoxy) is 2. The van der Waals surface area contributed by atoms with Crippen LogP contribution in [0.15, 0.2) is 200 Å². The first-order valence-electron chi connectivity index (χ1n) is 19.7. The Bertz CT molecular complexity index is 3100. The number of hydrogen-bond donors (Lipinski definition) is 0. The van der Waals surface area contributed by atoms with E-state index in [4.69, 9.17) is 19.6 Å². The molecule has 0 aliphatic carbocycles. The highest BCUT2D eigenvalue weighted by atomic mass is 16.5. The molecule has 10 aromatic rings. The summed E-state index contributed by atoms with van der Waals surface area (Å²) in [5.74, 6) is 4.64. The Morgan fingerprint density at radius 1 is 0.373 bits per heavy atom. The molecule has 0 saturated carbocycles. The van der Waals surface area contributed by atoms with Crippen LogP contribution in [-0.4, -0.2) is 14.8 Å². The number of anilines is 6. The van der Waals surface area contributed by atoms with Crippen molar-refractivity contribution in [1.29, 1.82) is 0 Å². The zero-order valence-corrected chi connectivity index (χ0v) is 31.6. The highest BCUT2D eigenvalue weighted by Gasteiger charge is 2.28. The van der Waals surface area contributed by atoms with E-state index >= 15 is 0 Å². The SMILES string of the molecule is c1ccc2c(c1)Oc1ccccc1N2c1ccc(-c2nc(-c3ccc(N4c5ccccc5Oc5ccccc54)cc3)n(-c3c4ccccc4cc4ccccc34)n2)cc1. The Balaban J connectivity index is 1.01. The summed E-state index contributed by atoms with van der Waals surface area (Å²) >= 11 is 0. The summed E-state index contributed by atoms with van der Waals surface area (Å²) < 4.78 is 14.6.